The molecule has 1 heterocycles. The fourth-order valence-corrected chi connectivity index (χ4v) is 1.75. The molecule has 0 unspecified atom stereocenters. The number of nitrogens with two attached hydrogens (primary N) is 1. The maximum Gasteiger partial charge on any atom is 0.168 e. The standard InChI is InChI=1S/C13H21F2N3/c1-4-5-18(9-13(2,3)8-16)12-11(15)6-10(14)7-17-12/h6-7H,4-5,8-9,16H2,1-3H3. The van der Waals surface area contributed by atoms with E-state index in [0.29, 0.717) is 19.6 Å². The highest BCUT2D eigenvalue weighted by Crippen LogP contribution is 2.22. The van der Waals surface area contributed by atoms with Crippen LogP contribution in [-0.4, -0.2) is 24.6 Å². The molecule has 0 atom stereocenters. The van der Waals surface area contributed by atoms with E-state index >= 15 is 0 Å². The van der Waals surface area contributed by atoms with Gasteiger partial charge in [0.05, 0.1) is 6.20 Å². The number of nitrogens with zero attached hydrogens (tertiary/aromatic N) is 2. The Morgan fingerprint density at radius 3 is 2.56 bits per heavy atom. The monoisotopic (exact) mass is 257 g/mol. The van der Waals surface area contributed by atoms with E-state index in [4.69, 9.17) is 5.73 Å². The van der Waals surface area contributed by atoms with Crippen molar-refractivity contribution in [1.82, 2.24) is 4.98 Å². The SMILES string of the molecule is CCCN(CC(C)(C)CN)c1ncc(F)cc1F. The van der Waals surface area contributed by atoms with Crippen molar-refractivity contribution in [3.63, 3.8) is 0 Å². The third kappa shape index (κ3) is 3.91. The highest BCUT2D eigenvalue weighted by atomic mass is 19.1. The largest absolute Gasteiger partial charge is 0.354 e. The second kappa shape index (κ2) is 6.09. The molecule has 0 aliphatic heterocycles. The predicted octanol–water partition coefficient (Wildman–Crippen LogP) is 2.56. The number of rotatable bonds is 6. The molecule has 0 amide bonds. The van der Waals surface area contributed by atoms with E-state index in [0.717, 1.165) is 18.7 Å². The lowest BCUT2D eigenvalue weighted by Crippen LogP contribution is -2.40. The van der Waals surface area contributed by atoms with Crippen LogP contribution in [0.15, 0.2) is 12.3 Å². The molecule has 1 rings (SSSR count). The Balaban J connectivity index is 2.97. The van der Waals surface area contributed by atoms with Crippen LogP contribution < -0.4 is 10.6 Å². The van der Waals surface area contributed by atoms with E-state index in [-0.39, 0.29) is 11.2 Å². The minimum absolute atomic E-state index is 0.141. The molecular formula is C13H21F2N3. The third-order valence-corrected chi connectivity index (χ3v) is 2.75. The normalized spacial score (nSPS) is 11.7. The average Bonchev–Trinajstić information content (AvgIpc) is 2.28. The maximum absolute atomic E-state index is 13.7. The van der Waals surface area contributed by atoms with Crippen molar-refractivity contribution < 1.29 is 8.78 Å². The fourth-order valence-electron chi connectivity index (χ4n) is 1.75. The van der Waals surface area contributed by atoms with E-state index < -0.39 is 11.6 Å². The third-order valence-electron chi connectivity index (χ3n) is 2.75. The van der Waals surface area contributed by atoms with Gasteiger partial charge in [-0.3, -0.25) is 0 Å². The Labute approximate surface area is 107 Å². The first kappa shape index (κ1) is 14.8. The topological polar surface area (TPSA) is 42.1 Å². The summed E-state index contributed by atoms with van der Waals surface area (Å²) in [6.45, 7) is 7.78. The Kier molecular flexibility index (Phi) is 5.02. The van der Waals surface area contributed by atoms with Gasteiger partial charge in [-0.25, -0.2) is 13.8 Å². The molecule has 0 fully saturated rings. The van der Waals surface area contributed by atoms with Gasteiger partial charge in [0.1, 0.15) is 5.82 Å². The summed E-state index contributed by atoms with van der Waals surface area (Å²) in [6, 6.07) is 0.862. The summed E-state index contributed by atoms with van der Waals surface area (Å²) in [7, 11) is 0. The Morgan fingerprint density at radius 1 is 1.39 bits per heavy atom. The first-order valence-corrected chi connectivity index (χ1v) is 6.15. The van der Waals surface area contributed by atoms with Crippen LogP contribution in [0.5, 0.6) is 0 Å². The first-order valence-electron chi connectivity index (χ1n) is 6.15. The van der Waals surface area contributed by atoms with Crippen molar-refractivity contribution in [3.05, 3.63) is 23.9 Å². The van der Waals surface area contributed by atoms with Gasteiger partial charge in [0.25, 0.3) is 0 Å². The second-order valence-electron chi connectivity index (χ2n) is 5.25. The summed E-state index contributed by atoms with van der Waals surface area (Å²) in [4.78, 5) is 5.67. The number of anilines is 1. The van der Waals surface area contributed by atoms with Crippen molar-refractivity contribution in [1.29, 1.82) is 0 Å². The van der Waals surface area contributed by atoms with Gasteiger partial charge in [-0.1, -0.05) is 20.8 Å². The maximum atomic E-state index is 13.7. The van der Waals surface area contributed by atoms with E-state index in [2.05, 4.69) is 4.98 Å². The summed E-state index contributed by atoms with van der Waals surface area (Å²) < 4.78 is 26.6. The Hall–Kier alpha value is -1.23. The minimum Gasteiger partial charge on any atom is -0.354 e. The van der Waals surface area contributed by atoms with Crippen LogP contribution in [0.2, 0.25) is 0 Å². The molecule has 0 aliphatic rings. The zero-order valence-corrected chi connectivity index (χ0v) is 11.2. The molecule has 3 nitrogen and oxygen atoms in total. The second-order valence-corrected chi connectivity index (χ2v) is 5.25. The van der Waals surface area contributed by atoms with Crippen LogP contribution in [0, 0.1) is 17.0 Å². The van der Waals surface area contributed by atoms with Gasteiger partial charge in [-0.05, 0) is 18.4 Å². The number of halogens is 2. The molecule has 0 saturated heterocycles. The van der Waals surface area contributed by atoms with Crippen LogP contribution in [-0.2, 0) is 0 Å². The molecule has 0 aromatic carbocycles. The van der Waals surface area contributed by atoms with Gasteiger partial charge in [0.15, 0.2) is 11.6 Å². The smallest absolute Gasteiger partial charge is 0.168 e. The molecular weight excluding hydrogens is 236 g/mol. The molecule has 1 aromatic heterocycles. The lowest BCUT2D eigenvalue weighted by Gasteiger charge is -2.32. The van der Waals surface area contributed by atoms with Crippen molar-refractivity contribution >= 4 is 5.82 Å². The molecule has 0 saturated carbocycles. The van der Waals surface area contributed by atoms with Gasteiger partial charge < -0.3 is 10.6 Å². The summed E-state index contributed by atoms with van der Waals surface area (Å²) in [5.74, 6) is -1.10. The predicted molar refractivity (Wildman–Crippen MR) is 69.5 cm³/mol. The van der Waals surface area contributed by atoms with E-state index in [1.165, 1.54) is 0 Å². The molecule has 0 radical (unpaired) electrons. The summed E-state index contributed by atoms with van der Waals surface area (Å²) in [5.41, 5.74) is 5.55. The summed E-state index contributed by atoms with van der Waals surface area (Å²) in [5, 5.41) is 0. The lowest BCUT2D eigenvalue weighted by molar-refractivity contribution is 0.374. The van der Waals surface area contributed by atoms with Crippen molar-refractivity contribution in [2.24, 2.45) is 11.1 Å². The van der Waals surface area contributed by atoms with Gasteiger partial charge in [-0.15, -0.1) is 0 Å². The van der Waals surface area contributed by atoms with Gasteiger partial charge in [-0.2, -0.15) is 0 Å². The Bertz CT molecular complexity index is 394. The van der Waals surface area contributed by atoms with Crippen molar-refractivity contribution in [3.8, 4) is 0 Å². The van der Waals surface area contributed by atoms with Crippen LogP contribution >= 0.6 is 0 Å². The molecule has 18 heavy (non-hydrogen) atoms. The summed E-state index contributed by atoms with van der Waals surface area (Å²) in [6.07, 6.45) is 1.90. The summed E-state index contributed by atoms with van der Waals surface area (Å²) >= 11 is 0. The van der Waals surface area contributed by atoms with Crippen molar-refractivity contribution in [2.45, 2.75) is 27.2 Å². The highest BCUT2D eigenvalue weighted by Gasteiger charge is 2.22. The molecule has 102 valence electrons. The minimum atomic E-state index is -0.661. The Morgan fingerprint density at radius 2 is 2.06 bits per heavy atom. The van der Waals surface area contributed by atoms with E-state index in [1.807, 2.05) is 25.7 Å². The fraction of sp³-hybridized carbons (Fsp3) is 0.615. The van der Waals surface area contributed by atoms with Gasteiger partial charge in [0, 0.05) is 19.2 Å². The number of hydrogen-bond acceptors (Lipinski definition) is 3. The van der Waals surface area contributed by atoms with Crippen molar-refractivity contribution in [2.75, 3.05) is 24.5 Å². The number of aromatic nitrogens is 1. The molecule has 0 aliphatic carbocycles. The van der Waals surface area contributed by atoms with E-state index in [9.17, 15) is 8.78 Å². The zero-order valence-electron chi connectivity index (χ0n) is 11.2. The van der Waals surface area contributed by atoms with Gasteiger partial charge >= 0.3 is 0 Å². The lowest BCUT2D eigenvalue weighted by atomic mass is 9.93. The highest BCUT2D eigenvalue weighted by molar-refractivity contribution is 5.40. The van der Waals surface area contributed by atoms with Gasteiger partial charge in [0.2, 0.25) is 0 Å². The van der Waals surface area contributed by atoms with Crippen LogP contribution in [0.3, 0.4) is 0 Å². The zero-order chi connectivity index (χ0) is 13.8. The number of pyridine rings is 1. The number of hydrogen-bond donors (Lipinski definition) is 1. The molecule has 5 heteroatoms. The van der Waals surface area contributed by atoms with Crippen LogP contribution in [0.25, 0.3) is 0 Å². The average molecular weight is 257 g/mol. The van der Waals surface area contributed by atoms with Crippen LogP contribution in [0.1, 0.15) is 27.2 Å². The molecule has 2 N–H and O–H groups in total. The first-order chi connectivity index (χ1) is 8.39. The quantitative estimate of drug-likeness (QED) is 0.851. The molecule has 0 bridgehead atoms. The van der Waals surface area contributed by atoms with E-state index in [1.54, 1.807) is 0 Å². The molecule has 1 aromatic rings. The molecule has 0 spiro atoms. The van der Waals surface area contributed by atoms with Crippen LogP contribution in [0.4, 0.5) is 14.6 Å².